The van der Waals surface area contributed by atoms with Gasteiger partial charge in [0.15, 0.2) is 0 Å². The predicted octanol–water partition coefficient (Wildman–Crippen LogP) is 4.52. The molecule has 7 nitrogen and oxygen atoms in total. The molecule has 1 heterocycles. The molecule has 0 aliphatic rings. The summed E-state index contributed by atoms with van der Waals surface area (Å²) in [6.07, 6.45) is 3.24. The van der Waals surface area contributed by atoms with Crippen LogP contribution in [0.4, 0.5) is 5.69 Å². The fourth-order valence-corrected chi connectivity index (χ4v) is 4.45. The molecule has 1 amide bonds. The number of rotatable bonds is 7. The fourth-order valence-electron chi connectivity index (χ4n) is 3.66. The number of fused-ring (bicyclic) bond motifs is 1. The van der Waals surface area contributed by atoms with Gasteiger partial charge in [0.1, 0.15) is 6.54 Å². The van der Waals surface area contributed by atoms with E-state index in [1.54, 1.807) is 18.3 Å². The zero-order valence-corrected chi connectivity index (χ0v) is 20.1. The highest BCUT2D eigenvalue weighted by Crippen LogP contribution is 2.21. The van der Waals surface area contributed by atoms with Crippen LogP contribution in [0.3, 0.4) is 0 Å². The fraction of sp³-hybridized carbons (Fsp3) is 0.154. The van der Waals surface area contributed by atoms with E-state index in [0.29, 0.717) is 5.56 Å². The van der Waals surface area contributed by atoms with E-state index in [2.05, 4.69) is 15.2 Å². The monoisotopic (exact) mass is 474 g/mol. The van der Waals surface area contributed by atoms with Crippen LogP contribution in [0.25, 0.3) is 10.9 Å². The predicted molar refractivity (Wildman–Crippen MR) is 136 cm³/mol. The van der Waals surface area contributed by atoms with Crippen molar-refractivity contribution >= 4 is 38.7 Å². The summed E-state index contributed by atoms with van der Waals surface area (Å²) in [5, 5.41) is 7.80. The van der Waals surface area contributed by atoms with Gasteiger partial charge in [-0.05, 0) is 56.2 Å². The summed E-state index contributed by atoms with van der Waals surface area (Å²) in [5.41, 5.74) is 5.36. The second-order valence-electron chi connectivity index (χ2n) is 8.26. The number of benzene rings is 3. The Labute approximate surface area is 199 Å². The number of anilines is 1. The number of hydrogen-bond acceptors (Lipinski definition) is 4. The number of aromatic nitrogens is 1. The number of hydrazone groups is 1. The van der Waals surface area contributed by atoms with Gasteiger partial charge in [0, 0.05) is 28.4 Å². The normalized spacial score (nSPS) is 11.7. The van der Waals surface area contributed by atoms with Gasteiger partial charge >= 0.3 is 0 Å². The van der Waals surface area contributed by atoms with E-state index in [4.69, 9.17) is 0 Å². The lowest BCUT2D eigenvalue weighted by Gasteiger charge is -2.10. The number of nitrogens with one attached hydrogen (secondary N) is 2. The first-order valence-electron chi connectivity index (χ1n) is 10.8. The van der Waals surface area contributed by atoms with Gasteiger partial charge in [-0.15, -0.1) is 0 Å². The number of nitrogens with zero attached hydrogens (tertiary/aromatic N) is 2. The van der Waals surface area contributed by atoms with Gasteiger partial charge in [0.25, 0.3) is 10.0 Å². The summed E-state index contributed by atoms with van der Waals surface area (Å²) in [6.45, 7) is 5.93. The number of sulfonamides is 1. The summed E-state index contributed by atoms with van der Waals surface area (Å²) in [7, 11) is -3.77. The molecule has 0 saturated heterocycles. The Morgan fingerprint density at radius 1 is 0.971 bits per heavy atom. The highest BCUT2D eigenvalue weighted by molar-refractivity contribution is 7.89. The Bertz CT molecular complexity index is 1490. The zero-order valence-electron chi connectivity index (χ0n) is 19.2. The second-order valence-corrected chi connectivity index (χ2v) is 9.92. The van der Waals surface area contributed by atoms with Crippen LogP contribution in [0.1, 0.15) is 22.3 Å². The first kappa shape index (κ1) is 23.3. The SMILES string of the molecule is Cc1ccc(S(=O)(=O)N/N=C\c2cn(CC(=O)Nc3cc(C)ccc3C)c3ccccc23)cc1. The number of carbonyl (C=O) groups excluding carboxylic acids is 1. The van der Waals surface area contributed by atoms with E-state index >= 15 is 0 Å². The van der Waals surface area contributed by atoms with Crippen LogP contribution in [0.2, 0.25) is 0 Å². The Balaban J connectivity index is 1.54. The smallest absolute Gasteiger partial charge is 0.276 e. The quantitative estimate of drug-likeness (QED) is 0.305. The van der Waals surface area contributed by atoms with Crippen molar-refractivity contribution in [3.63, 3.8) is 0 Å². The lowest BCUT2D eigenvalue weighted by Crippen LogP contribution is -2.19. The molecule has 34 heavy (non-hydrogen) atoms. The summed E-state index contributed by atoms with van der Waals surface area (Å²) < 4.78 is 26.8. The molecule has 1 aromatic heterocycles. The lowest BCUT2D eigenvalue weighted by molar-refractivity contribution is -0.116. The summed E-state index contributed by atoms with van der Waals surface area (Å²) in [5.74, 6) is -0.155. The average Bonchev–Trinajstić information content (AvgIpc) is 3.14. The molecule has 4 aromatic rings. The third kappa shape index (κ3) is 5.18. The molecule has 0 bridgehead atoms. The molecule has 4 rings (SSSR count). The minimum atomic E-state index is -3.77. The molecule has 3 aromatic carbocycles. The van der Waals surface area contributed by atoms with E-state index in [1.165, 1.54) is 18.3 Å². The van der Waals surface area contributed by atoms with Crippen LogP contribution in [-0.4, -0.2) is 25.1 Å². The van der Waals surface area contributed by atoms with Gasteiger partial charge in [-0.2, -0.15) is 13.5 Å². The van der Waals surface area contributed by atoms with Gasteiger partial charge in [-0.1, -0.05) is 48.0 Å². The van der Waals surface area contributed by atoms with Crippen molar-refractivity contribution in [2.45, 2.75) is 32.2 Å². The molecule has 0 unspecified atom stereocenters. The molecule has 174 valence electrons. The number of hydrogen-bond donors (Lipinski definition) is 2. The van der Waals surface area contributed by atoms with E-state index in [9.17, 15) is 13.2 Å². The van der Waals surface area contributed by atoms with Crippen molar-refractivity contribution in [1.82, 2.24) is 9.40 Å². The van der Waals surface area contributed by atoms with Gasteiger partial charge < -0.3 is 9.88 Å². The van der Waals surface area contributed by atoms with E-state index in [0.717, 1.165) is 33.3 Å². The number of para-hydroxylation sites is 1. The maximum atomic E-state index is 12.8. The Morgan fingerprint density at radius 3 is 2.44 bits per heavy atom. The lowest BCUT2D eigenvalue weighted by atomic mass is 10.1. The minimum absolute atomic E-state index is 0.108. The van der Waals surface area contributed by atoms with Crippen LogP contribution in [0.5, 0.6) is 0 Å². The molecular formula is C26H26N4O3S. The molecule has 0 fully saturated rings. The van der Waals surface area contributed by atoms with Gasteiger partial charge in [0.05, 0.1) is 11.1 Å². The van der Waals surface area contributed by atoms with Gasteiger partial charge in [-0.3, -0.25) is 4.79 Å². The molecule has 0 aliphatic heterocycles. The van der Waals surface area contributed by atoms with Gasteiger partial charge in [0.2, 0.25) is 5.91 Å². The molecule has 0 radical (unpaired) electrons. The van der Waals surface area contributed by atoms with Crippen molar-refractivity contribution in [2.75, 3.05) is 5.32 Å². The average molecular weight is 475 g/mol. The summed E-state index contributed by atoms with van der Waals surface area (Å²) >= 11 is 0. The Kier molecular flexibility index (Phi) is 6.51. The highest BCUT2D eigenvalue weighted by Gasteiger charge is 2.14. The van der Waals surface area contributed by atoms with Crippen molar-refractivity contribution in [2.24, 2.45) is 5.10 Å². The molecule has 0 aliphatic carbocycles. The van der Waals surface area contributed by atoms with Crippen LogP contribution in [-0.2, 0) is 21.4 Å². The summed E-state index contributed by atoms with van der Waals surface area (Å²) in [4.78, 5) is 15.2. The molecule has 2 N–H and O–H groups in total. The van der Waals surface area contributed by atoms with Crippen molar-refractivity contribution in [1.29, 1.82) is 0 Å². The maximum absolute atomic E-state index is 12.8. The first-order valence-corrected chi connectivity index (χ1v) is 12.3. The van der Waals surface area contributed by atoms with Crippen LogP contribution in [0.15, 0.2) is 82.9 Å². The number of aryl methyl sites for hydroxylation is 3. The van der Waals surface area contributed by atoms with E-state index in [1.807, 2.05) is 67.8 Å². The molecule has 8 heteroatoms. The number of amides is 1. The third-order valence-electron chi connectivity index (χ3n) is 5.51. The Morgan fingerprint density at radius 2 is 1.68 bits per heavy atom. The second kappa shape index (κ2) is 9.52. The van der Waals surface area contributed by atoms with Crippen molar-refractivity contribution in [3.8, 4) is 0 Å². The highest BCUT2D eigenvalue weighted by atomic mass is 32.2. The largest absolute Gasteiger partial charge is 0.337 e. The topological polar surface area (TPSA) is 92.6 Å². The number of carbonyl (C=O) groups is 1. The standard InChI is InChI=1S/C26H26N4O3S/c1-18-9-12-22(13-10-18)34(32,33)29-27-15-21-16-30(25-7-5-4-6-23(21)25)17-26(31)28-24-14-19(2)8-11-20(24)3/h4-16,29H,17H2,1-3H3,(H,28,31)/b27-15-. The summed E-state index contributed by atoms with van der Waals surface area (Å²) in [6, 6.07) is 20.0. The third-order valence-corrected chi connectivity index (χ3v) is 6.75. The van der Waals surface area contributed by atoms with Crippen LogP contribution in [0, 0.1) is 20.8 Å². The molecule has 0 atom stereocenters. The minimum Gasteiger partial charge on any atom is -0.337 e. The molecule has 0 spiro atoms. The molecular weight excluding hydrogens is 448 g/mol. The van der Waals surface area contributed by atoms with Crippen LogP contribution >= 0.6 is 0 Å². The zero-order chi connectivity index (χ0) is 24.3. The Hall–Kier alpha value is -3.91. The van der Waals surface area contributed by atoms with E-state index < -0.39 is 10.0 Å². The van der Waals surface area contributed by atoms with Crippen LogP contribution < -0.4 is 10.1 Å². The maximum Gasteiger partial charge on any atom is 0.276 e. The van der Waals surface area contributed by atoms with E-state index in [-0.39, 0.29) is 17.3 Å². The molecule has 0 saturated carbocycles. The van der Waals surface area contributed by atoms with Crippen molar-refractivity contribution in [3.05, 3.63) is 95.2 Å². The van der Waals surface area contributed by atoms with Gasteiger partial charge in [-0.25, -0.2) is 4.83 Å². The van der Waals surface area contributed by atoms with Crippen molar-refractivity contribution < 1.29 is 13.2 Å². The first-order chi connectivity index (χ1) is 16.2.